The molecule has 0 fully saturated rings. The molecule has 114 valence electrons. The molecule has 0 unspecified atom stereocenters. The van der Waals surface area contributed by atoms with Crippen LogP contribution in [0.3, 0.4) is 0 Å². The van der Waals surface area contributed by atoms with E-state index < -0.39 is 0 Å². The Bertz CT molecular complexity index is 659. The third-order valence-electron chi connectivity index (χ3n) is 3.56. The average molecular weight is 306 g/mol. The Morgan fingerprint density at radius 2 is 1.90 bits per heavy atom. The van der Waals surface area contributed by atoms with Crippen molar-refractivity contribution in [1.29, 1.82) is 0 Å². The van der Waals surface area contributed by atoms with Gasteiger partial charge >= 0.3 is 0 Å². The number of imidazole rings is 1. The SMILES string of the molecule is COc1ccc(CCn2c(C(C)C)c[nH]c2=S)cc1OC. The Labute approximate surface area is 130 Å². The van der Waals surface area contributed by atoms with Crippen molar-refractivity contribution in [3.8, 4) is 11.5 Å². The standard InChI is InChI=1S/C16H22N2O2S/c1-11(2)13-10-17-16(21)18(13)8-7-12-5-6-14(19-3)15(9-12)20-4/h5-6,9-11H,7-8H2,1-4H3,(H,17,21). The number of ether oxygens (including phenoxy) is 2. The number of nitrogens with one attached hydrogen (secondary N) is 1. The number of benzene rings is 1. The summed E-state index contributed by atoms with van der Waals surface area (Å²) in [6.07, 6.45) is 2.90. The Morgan fingerprint density at radius 1 is 1.19 bits per heavy atom. The lowest BCUT2D eigenvalue weighted by Crippen LogP contribution is -2.07. The number of H-pyrrole nitrogens is 1. The fourth-order valence-electron chi connectivity index (χ4n) is 2.39. The Balaban J connectivity index is 2.17. The number of aromatic nitrogens is 2. The average Bonchev–Trinajstić information content (AvgIpc) is 2.86. The van der Waals surface area contributed by atoms with E-state index in [9.17, 15) is 0 Å². The van der Waals surface area contributed by atoms with Gasteiger partial charge in [-0.1, -0.05) is 19.9 Å². The van der Waals surface area contributed by atoms with E-state index in [4.69, 9.17) is 21.7 Å². The van der Waals surface area contributed by atoms with Gasteiger partial charge < -0.3 is 19.0 Å². The molecule has 2 aromatic rings. The third-order valence-corrected chi connectivity index (χ3v) is 3.90. The summed E-state index contributed by atoms with van der Waals surface area (Å²) in [5, 5.41) is 0. The van der Waals surface area contributed by atoms with Crippen molar-refractivity contribution in [1.82, 2.24) is 9.55 Å². The van der Waals surface area contributed by atoms with Gasteiger partial charge in [-0.3, -0.25) is 0 Å². The highest BCUT2D eigenvalue weighted by atomic mass is 32.1. The predicted molar refractivity (Wildman–Crippen MR) is 87.0 cm³/mol. The number of aromatic amines is 1. The van der Waals surface area contributed by atoms with Crippen molar-refractivity contribution in [2.45, 2.75) is 32.7 Å². The zero-order valence-electron chi connectivity index (χ0n) is 13.0. The number of aryl methyl sites for hydroxylation is 1. The molecule has 0 bridgehead atoms. The van der Waals surface area contributed by atoms with E-state index >= 15 is 0 Å². The molecule has 0 aliphatic carbocycles. The Kier molecular flexibility index (Phi) is 5.07. The van der Waals surface area contributed by atoms with E-state index in [-0.39, 0.29) is 0 Å². The van der Waals surface area contributed by atoms with Gasteiger partial charge in [0.15, 0.2) is 16.3 Å². The van der Waals surface area contributed by atoms with Gasteiger partial charge in [0.2, 0.25) is 0 Å². The number of nitrogens with zero attached hydrogens (tertiary/aromatic N) is 1. The predicted octanol–water partition coefficient (Wildman–Crippen LogP) is 3.93. The van der Waals surface area contributed by atoms with Gasteiger partial charge in [-0.15, -0.1) is 0 Å². The van der Waals surface area contributed by atoms with Crippen LogP contribution < -0.4 is 9.47 Å². The van der Waals surface area contributed by atoms with Gasteiger partial charge in [0.05, 0.1) is 14.2 Å². The molecular formula is C16H22N2O2S. The second kappa shape index (κ2) is 6.80. The molecule has 0 saturated carbocycles. The maximum atomic E-state index is 5.36. The lowest BCUT2D eigenvalue weighted by atomic mass is 10.1. The molecule has 4 nitrogen and oxygen atoms in total. The summed E-state index contributed by atoms with van der Waals surface area (Å²) in [5.41, 5.74) is 2.44. The normalized spacial score (nSPS) is 10.9. The minimum Gasteiger partial charge on any atom is -0.493 e. The summed E-state index contributed by atoms with van der Waals surface area (Å²) in [5.74, 6) is 1.96. The largest absolute Gasteiger partial charge is 0.493 e. The first-order chi connectivity index (χ1) is 10.1. The zero-order valence-corrected chi connectivity index (χ0v) is 13.8. The maximum absolute atomic E-state index is 5.36. The summed E-state index contributed by atoms with van der Waals surface area (Å²) >= 11 is 5.36. The van der Waals surface area contributed by atoms with E-state index in [1.807, 2.05) is 18.3 Å². The van der Waals surface area contributed by atoms with Crippen LogP contribution in [-0.4, -0.2) is 23.8 Å². The molecule has 1 aromatic heterocycles. The fourth-order valence-corrected chi connectivity index (χ4v) is 2.65. The molecule has 0 saturated heterocycles. The van der Waals surface area contributed by atoms with Gasteiger partial charge in [-0.2, -0.15) is 0 Å². The Hall–Kier alpha value is -1.75. The van der Waals surface area contributed by atoms with Crippen LogP contribution in [0.2, 0.25) is 0 Å². The molecule has 0 atom stereocenters. The first-order valence-electron chi connectivity index (χ1n) is 7.05. The van der Waals surface area contributed by atoms with E-state index in [1.54, 1.807) is 14.2 Å². The Morgan fingerprint density at radius 3 is 2.52 bits per heavy atom. The second-order valence-electron chi connectivity index (χ2n) is 5.26. The summed E-state index contributed by atoms with van der Waals surface area (Å²) in [6.45, 7) is 5.20. The van der Waals surface area contributed by atoms with Crippen LogP contribution in [0.5, 0.6) is 11.5 Å². The highest BCUT2D eigenvalue weighted by molar-refractivity contribution is 7.71. The van der Waals surface area contributed by atoms with Crippen molar-refractivity contribution in [3.05, 3.63) is 40.4 Å². The van der Waals surface area contributed by atoms with E-state index in [1.165, 1.54) is 11.3 Å². The van der Waals surface area contributed by atoms with Crippen LogP contribution in [0.25, 0.3) is 0 Å². The second-order valence-corrected chi connectivity index (χ2v) is 5.65. The maximum Gasteiger partial charge on any atom is 0.177 e. The number of rotatable bonds is 6. The van der Waals surface area contributed by atoms with Crippen LogP contribution in [0.1, 0.15) is 31.0 Å². The lowest BCUT2D eigenvalue weighted by molar-refractivity contribution is 0.354. The van der Waals surface area contributed by atoms with Gasteiger partial charge in [0.1, 0.15) is 0 Å². The lowest BCUT2D eigenvalue weighted by Gasteiger charge is -2.12. The minimum absolute atomic E-state index is 0.448. The van der Waals surface area contributed by atoms with Crippen molar-refractivity contribution in [3.63, 3.8) is 0 Å². The van der Waals surface area contributed by atoms with Crippen LogP contribution in [-0.2, 0) is 13.0 Å². The van der Waals surface area contributed by atoms with E-state index in [0.717, 1.165) is 29.2 Å². The molecule has 5 heteroatoms. The fraction of sp³-hybridized carbons (Fsp3) is 0.438. The minimum atomic E-state index is 0.448. The highest BCUT2D eigenvalue weighted by Crippen LogP contribution is 2.28. The van der Waals surface area contributed by atoms with Crippen molar-refractivity contribution >= 4 is 12.2 Å². The molecule has 0 amide bonds. The number of hydrogen-bond acceptors (Lipinski definition) is 3. The molecule has 1 aromatic carbocycles. The summed E-state index contributed by atoms with van der Waals surface area (Å²) < 4.78 is 13.5. The van der Waals surface area contributed by atoms with Gasteiger partial charge in [0.25, 0.3) is 0 Å². The summed E-state index contributed by atoms with van der Waals surface area (Å²) in [6, 6.07) is 6.02. The van der Waals surface area contributed by atoms with Gasteiger partial charge in [0, 0.05) is 18.4 Å². The molecule has 0 spiro atoms. The van der Waals surface area contributed by atoms with Crippen molar-refractivity contribution in [2.24, 2.45) is 0 Å². The first kappa shape index (κ1) is 15.6. The quantitative estimate of drug-likeness (QED) is 0.822. The third kappa shape index (κ3) is 3.47. The van der Waals surface area contributed by atoms with E-state index in [0.29, 0.717) is 5.92 Å². The molecule has 2 rings (SSSR count). The van der Waals surface area contributed by atoms with Crippen LogP contribution >= 0.6 is 12.2 Å². The molecule has 21 heavy (non-hydrogen) atoms. The zero-order chi connectivity index (χ0) is 15.4. The first-order valence-corrected chi connectivity index (χ1v) is 7.46. The van der Waals surface area contributed by atoms with Gasteiger partial charge in [-0.05, 0) is 42.3 Å². The van der Waals surface area contributed by atoms with Crippen molar-refractivity contribution in [2.75, 3.05) is 14.2 Å². The topological polar surface area (TPSA) is 39.2 Å². The molecular weight excluding hydrogens is 284 g/mol. The van der Waals surface area contributed by atoms with Gasteiger partial charge in [-0.25, -0.2) is 0 Å². The molecule has 1 heterocycles. The van der Waals surface area contributed by atoms with Crippen LogP contribution in [0.15, 0.2) is 24.4 Å². The number of hydrogen-bond donors (Lipinski definition) is 1. The molecule has 0 aliphatic rings. The smallest absolute Gasteiger partial charge is 0.177 e. The molecule has 1 N–H and O–H groups in total. The molecule has 0 radical (unpaired) electrons. The summed E-state index contributed by atoms with van der Waals surface area (Å²) in [7, 11) is 3.30. The van der Waals surface area contributed by atoms with E-state index in [2.05, 4.69) is 29.5 Å². The van der Waals surface area contributed by atoms with Crippen molar-refractivity contribution < 1.29 is 9.47 Å². The van der Waals surface area contributed by atoms with Crippen LogP contribution in [0, 0.1) is 4.77 Å². The monoisotopic (exact) mass is 306 g/mol. The number of methoxy groups -OCH3 is 2. The van der Waals surface area contributed by atoms with Crippen LogP contribution in [0.4, 0.5) is 0 Å². The molecule has 0 aliphatic heterocycles. The summed E-state index contributed by atoms with van der Waals surface area (Å²) in [4.78, 5) is 3.13. The highest BCUT2D eigenvalue weighted by Gasteiger charge is 2.09.